The topological polar surface area (TPSA) is 21.7 Å². The van der Waals surface area contributed by atoms with Gasteiger partial charge in [-0.2, -0.15) is 0 Å². The van der Waals surface area contributed by atoms with Crippen LogP contribution in [0.5, 0.6) is 0 Å². The Morgan fingerprint density at radius 1 is 0.917 bits per heavy atom. The van der Waals surface area contributed by atoms with Crippen LogP contribution >= 0.6 is 0 Å². The Hall–Kier alpha value is -0.120. The van der Waals surface area contributed by atoms with Crippen LogP contribution in [0.25, 0.3) is 0 Å². The molecule has 0 spiro atoms. The van der Waals surface area contributed by atoms with E-state index < -0.39 is 0 Å². The average Bonchev–Trinajstić information content (AvgIpc) is 2.34. The van der Waals surface area contributed by atoms with Crippen molar-refractivity contribution in [2.75, 3.05) is 19.6 Å². The molecular formula is C21H41NO2. The van der Waals surface area contributed by atoms with Crippen molar-refractivity contribution in [3.8, 4) is 0 Å². The third-order valence-electron chi connectivity index (χ3n) is 5.16. The van der Waals surface area contributed by atoms with Gasteiger partial charge in [0.25, 0.3) is 0 Å². The van der Waals surface area contributed by atoms with Crippen molar-refractivity contribution in [1.29, 1.82) is 0 Å². The molecule has 1 aliphatic carbocycles. The van der Waals surface area contributed by atoms with Crippen LogP contribution in [0.3, 0.4) is 0 Å². The summed E-state index contributed by atoms with van der Waals surface area (Å²) < 4.78 is 12.1. The highest BCUT2D eigenvalue weighted by Crippen LogP contribution is 2.34. The summed E-state index contributed by atoms with van der Waals surface area (Å²) in [6.45, 7) is 19.0. The maximum absolute atomic E-state index is 6.08. The summed E-state index contributed by atoms with van der Waals surface area (Å²) >= 11 is 0. The van der Waals surface area contributed by atoms with Crippen LogP contribution in [-0.4, -0.2) is 47.9 Å². The summed E-state index contributed by atoms with van der Waals surface area (Å²) in [5.41, 5.74) is -0.00416. The van der Waals surface area contributed by atoms with E-state index in [-0.39, 0.29) is 11.2 Å². The first-order chi connectivity index (χ1) is 11.0. The quantitative estimate of drug-likeness (QED) is 0.688. The van der Waals surface area contributed by atoms with Crippen molar-refractivity contribution >= 4 is 0 Å². The number of likely N-dealkylation sites (tertiary alicyclic amines) is 1. The molecular weight excluding hydrogens is 298 g/mol. The van der Waals surface area contributed by atoms with Gasteiger partial charge in [0.2, 0.25) is 0 Å². The molecule has 0 N–H and O–H groups in total. The van der Waals surface area contributed by atoms with Gasteiger partial charge < -0.3 is 14.4 Å². The zero-order chi connectivity index (χ0) is 18.0. The van der Waals surface area contributed by atoms with E-state index in [9.17, 15) is 0 Å². The zero-order valence-electron chi connectivity index (χ0n) is 17.2. The predicted octanol–water partition coefficient (Wildman–Crippen LogP) is 4.89. The molecule has 1 saturated heterocycles. The normalized spacial score (nSPS) is 28.6. The molecule has 2 aliphatic rings. The highest BCUT2D eigenvalue weighted by atomic mass is 16.5. The first kappa shape index (κ1) is 20.2. The summed E-state index contributed by atoms with van der Waals surface area (Å²) in [5.74, 6) is 1.70. The van der Waals surface area contributed by atoms with Crippen LogP contribution in [0, 0.1) is 11.8 Å². The van der Waals surface area contributed by atoms with Crippen molar-refractivity contribution in [3.63, 3.8) is 0 Å². The van der Waals surface area contributed by atoms with Crippen LogP contribution < -0.4 is 0 Å². The van der Waals surface area contributed by atoms with E-state index >= 15 is 0 Å². The van der Waals surface area contributed by atoms with Crippen molar-refractivity contribution in [2.24, 2.45) is 11.8 Å². The van der Waals surface area contributed by atoms with Crippen LogP contribution in [0.15, 0.2) is 0 Å². The summed E-state index contributed by atoms with van der Waals surface area (Å²) in [6, 6.07) is 0. The lowest BCUT2D eigenvalue weighted by Gasteiger charge is -2.43. The molecule has 0 aromatic carbocycles. The molecule has 0 amide bonds. The van der Waals surface area contributed by atoms with E-state index in [4.69, 9.17) is 9.47 Å². The minimum atomic E-state index is -0.0178. The molecule has 142 valence electrons. The van der Waals surface area contributed by atoms with Crippen molar-refractivity contribution in [1.82, 2.24) is 4.90 Å². The monoisotopic (exact) mass is 339 g/mol. The van der Waals surface area contributed by atoms with Crippen molar-refractivity contribution in [3.05, 3.63) is 0 Å². The maximum Gasteiger partial charge on any atom is 0.0602 e. The van der Waals surface area contributed by atoms with E-state index in [1.54, 1.807) is 0 Å². The lowest BCUT2D eigenvalue weighted by molar-refractivity contribution is -0.116. The van der Waals surface area contributed by atoms with Gasteiger partial charge in [0, 0.05) is 6.54 Å². The van der Waals surface area contributed by atoms with E-state index in [0.717, 1.165) is 11.8 Å². The number of hydrogen-bond donors (Lipinski definition) is 0. The molecule has 3 nitrogen and oxygen atoms in total. The van der Waals surface area contributed by atoms with E-state index in [1.807, 2.05) is 0 Å². The minimum Gasteiger partial charge on any atom is -0.373 e. The Morgan fingerprint density at radius 3 is 2.00 bits per heavy atom. The summed E-state index contributed by atoms with van der Waals surface area (Å²) in [7, 11) is 0. The average molecular weight is 340 g/mol. The number of hydrogen-bond acceptors (Lipinski definition) is 3. The first-order valence-corrected chi connectivity index (χ1v) is 10.1. The molecule has 0 aromatic rings. The highest BCUT2D eigenvalue weighted by Gasteiger charge is 2.34. The standard InChI is InChI=1S/C21H41NO2/c1-16(23-20(2,3)4)12-17-8-10-22(11-9-17)15-18-13-19(14-18)24-21(5,6)7/h16-19H,8-15H2,1-7H3. The Bertz CT molecular complexity index is 368. The Morgan fingerprint density at radius 2 is 1.50 bits per heavy atom. The van der Waals surface area contributed by atoms with Crippen LogP contribution in [0.4, 0.5) is 0 Å². The third kappa shape index (κ3) is 7.41. The molecule has 0 bridgehead atoms. The molecule has 1 saturated carbocycles. The number of ether oxygens (including phenoxy) is 2. The van der Waals surface area contributed by atoms with Gasteiger partial charge in [0.1, 0.15) is 0 Å². The fraction of sp³-hybridized carbons (Fsp3) is 1.00. The molecule has 24 heavy (non-hydrogen) atoms. The Balaban J connectivity index is 1.59. The van der Waals surface area contributed by atoms with Crippen LogP contribution in [0.1, 0.15) is 80.6 Å². The molecule has 0 radical (unpaired) electrons. The fourth-order valence-electron chi connectivity index (χ4n) is 4.31. The van der Waals surface area contributed by atoms with Crippen molar-refractivity contribution in [2.45, 2.75) is 104 Å². The largest absolute Gasteiger partial charge is 0.373 e. The first-order valence-electron chi connectivity index (χ1n) is 10.1. The molecule has 2 fully saturated rings. The van der Waals surface area contributed by atoms with E-state index in [0.29, 0.717) is 12.2 Å². The molecule has 1 unspecified atom stereocenters. The highest BCUT2D eigenvalue weighted by molar-refractivity contribution is 4.86. The SMILES string of the molecule is CC(CC1CCN(CC2CC(OC(C)(C)C)C2)CC1)OC(C)(C)C. The van der Waals surface area contributed by atoms with Crippen molar-refractivity contribution < 1.29 is 9.47 Å². The lowest BCUT2D eigenvalue weighted by atomic mass is 9.80. The molecule has 1 heterocycles. The third-order valence-corrected chi connectivity index (χ3v) is 5.16. The van der Waals surface area contributed by atoms with Gasteiger partial charge in [-0.25, -0.2) is 0 Å². The maximum atomic E-state index is 6.08. The van der Waals surface area contributed by atoms with E-state index in [2.05, 4.69) is 53.4 Å². The summed E-state index contributed by atoms with van der Waals surface area (Å²) in [4.78, 5) is 2.68. The van der Waals surface area contributed by atoms with Crippen LogP contribution in [-0.2, 0) is 9.47 Å². The van der Waals surface area contributed by atoms with Gasteiger partial charge in [-0.3, -0.25) is 0 Å². The smallest absolute Gasteiger partial charge is 0.0602 e. The molecule has 1 atom stereocenters. The summed E-state index contributed by atoms with van der Waals surface area (Å²) in [6.07, 6.45) is 7.29. The lowest BCUT2D eigenvalue weighted by Crippen LogP contribution is -2.45. The molecule has 1 aliphatic heterocycles. The Kier molecular flexibility index (Phi) is 6.78. The predicted molar refractivity (Wildman–Crippen MR) is 101 cm³/mol. The van der Waals surface area contributed by atoms with Gasteiger partial charge in [-0.05, 0) is 105 Å². The second-order valence-corrected chi connectivity index (χ2v) is 10.2. The number of piperidine rings is 1. The minimum absolute atomic E-state index is 0.0137. The van der Waals surface area contributed by atoms with Gasteiger partial charge >= 0.3 is 0 Å². The van der Waals surface area contributed by atoms with E-state index in [1.165, 1.54) is 51.7 Å². The molecule has 2 rings (SSSR count). The second-order valence-electron chi connectivity index (χ2n) is 10.2. The summed E-state index contributed by atoms with van der Waals surface area (Å²) in [5, 5.41) is 0. The number of nitrogens with zero attached hydrogens (tertiary/aromatic N) is 1. The van der Waals surface area contributed by atoms with Gasteiger partial charge in [0.15, 0.2) is 0 Å². The van der Waals surface area contributed by atoms with Gasteiger partial charge in [0.05, 0.1) is 23.4 Å². The Labute approximate surface area is 150 Å². The van der Waals surface area contributed by atoms with Crippen LogP contribution in [0.2, 0.25) is 0 Å². The molecule has 0 aromatic heterocycles. The second kappa shape index (κ2) is 8.05. The fourth-order valence-corrected chi connectivity index (χ4v) is 4.31. The van der Waals surface area contributed by atoms with Gasteiger partial charge in [-0.1, -0.05) is 0 Å². The number of rotatable bonds is 6. The molecule has 3 heteroatoms. The zero-order valence-corrected chi connectivity index (χ0v) is 17.2. The van der Waals surface area contributed by atoms with Gasteiger partial charge in [-0.15, -0.1) is 0 Å².